The third-order valence-electron chi connectivity index (χ3n) is 5.14. The van der Waals surface area contributed by atoms with Crippen LogP contribution in [-0.4, -0.2) is 38.0 Å². The van der Waals surface area contributed by atoms with Crippen molar-refractivity contribution in [2.24, 2.45) is 0 Å². The Balaban J connectivity index is 1.60. The lowest BCUT2D eigenvalue weighted by Crippen LogP contribution is -3.11. The Morgan fingerprint density at radius 2 is 1.74 bits per heavy atom. The molecule has 142 valence electrons. The van der Waals surface area contributed by atoms with E-state index in [0.717, 1.165) is 33.8 Å². The first kappa shape index (κ1) is 19.1. The molecule has 0 saturated carbocycles. The minimum absolute atomic E-state index is 0.0600. The van der Waals surface area contributed by atoms with Gasteiger partial charge < -0.3 is 15.1 Å². The standard InChI is InChI=1S/C22H27N3O2/c1-15-8-7-9-16(2)22(15)23-20(26)13-24(4)14-21(27)25-17(3)12-18-10-5-6-11-19(18)25/h5-11,17H,12-14H2,1-4H3,(H,23,26)/p+1/t17-/m0/s1. The number of quaternary nitrogens is 1. The van der Waals surface area contributed by atoms with E-state index < -0.39 is 0 Å². The van der Waals surface area contributed by atoms with Gasteiger partial charge in [0.25, 0.3) is 11.8 Å². The van der Waals surface area contributed by atoms with E-state index in [-0.39, 0.29) is 24.4 Å². The molecule has 0 fully saturated rings. The van der Waals surface area contributed by atoms with Crippen molar-refractivity contribution in [1.82, 2.24) is 0 Å². The third kappa shape index (κ3) is 4.19. The van der Waals surface area contributed by atoms with Crippen LogP contribution in [-0.2, 0) is 16.0 Å². The van der Waals surface area contributed by atoms with Crippen LogP contribution >= 0.6 is 0 Å². The Morgan fingerprint density at radius 3 is 2.44 bits per heavy atom. The molecular weight excluding hydrogens is 338 g/mol. The van der Waals surface area contributed by atoms with E-state index >= 15 is 0 Å². The van der Waals surface area contributed by atoms with Crippen molar-refractivity contribution in [3.05, 3.63) is 59.2 Å². The molecule has 5 nitrogen and oxygen atoms in total. The molecule has 0 saturated heterocycles. The maximum atomic E-state index is 12.9. The number of carbonyl (C=O) groups is 2. The molecule has 1 aliphatic rings. The number of anilines is 2. The van der Waals surface area contributed by atoms with Gasteiger partial charge in [0.2, 0.25) is 0 Å². The predicted octanol–water partition coefficient (Wildman–Crippen LogP) is 1.73. The first-order valence-electron chi connectivity index (χ1n) is 9.44. The number of aryl methyl sites for hydroxylation is 2. The molecule has 0 aliphatic carbocycles. The van der Waals surface area contributed by atoms with Crippen molar-refractivity contribution < 1.29 is 14.5 Å². The number of amides is 2. The van der Waals surface area contributed by atoms with Crippen LogP contribution in [0.3, 0.4) is 0 Å². The van der Waals surface area contributed by atoms with Gasteiger partial charge in [0.05, 0.1) is 7.05 Å². The Kier molecular flexibility index (Phi) is 5.61. The zero-order chi connectivity index (χ0) is 19.6. The smallest absolute Gasteiger partial charge is 0.282 e. The average Bonchev–Trinajstić information content (AvgIpc) is 2.93. The number of benzene rings is 2. The van der Waals surface area contributed by atoms with E-state index in [4.69, 9.17) is 0 Å². The summed E-state index contributed by atoms with van der Waals surface area (Å²) >= 11 is 0. The highest BCUT2D eigenvalue weighted by molar-refractivity contribution is 5.97. The van der Waals surface area contributed by atoms with Crippen molar-refractivity contribution in [3.63, 3.8) is 0 Å². The largest absolute Gasteiger partial charge is 0.322 e. The number of nitrogens with zero attached hydrogens (tertiary/aromatic N) is 1. The van der Waals surface area contributed by atoms with Crippen molar-refractivity contribution in [2.75, 3.05) is 30.4 Å². The molecule has 1 unspecified atom stereocenters. The highest BCUT2D eigenvalue weighted by atomic mass is 16.2. The van der Waals surface area contributed by atoms with Gasteiger partial charge in [0.1, 0.15) is 0 Å². The fourth-order valence-electron chi connectivity index (χ4n) is 3.82. The maximum absolute atomic E-state index is 12.9. The van der Waals surface area contributed by atoms with E-state index in [1.807, 2.05) is 62.2 Å². The lowest BCUT2D eigenvalue weighted by atomic mass is 10.1. The molecule has 0 spiro atoms. The number of nitrogens with one attached hydrogen (secondary N) is 2. The molecule has 2 aromatic rings. The number of hydrogen-bond donors (Lipinski definition) is 2. The predicted molar refractivity (Wildman–Crippen MR) is 108 cm³/mol. The van der Waals surface area contributed by atoms with E-state index in [9.17, 15) is 9.59 Å². The van der Waals surface area contributed by atoms with Crippen LogP contribution in [0.4, 0.5) is 11.4 Å². The highest BCUT2D eigenvalue weighted by Crippen LogP contribution is 2.31. The van der Waals surface area contributed by atoms with Crippen LogP contribution in [0, 0.1) is 13.8 Å². The molecule has 2 atom stereocenters. The molecule has 5 heteroatoms. The van der Waals surface area contributed by atoms with Crippen LogP contribution in [0.5, 0.6) is 0 Å². The Bertz CT molecular complexity index is 842. The Labute approximate surface area is 161 Å². The molecule has 1 heterocycles. The summed E-state index contributed by atoms with van der Waals surface area (Å²) < 4.78 is 0. The van der Waals surface area contributed by atoms with Gasteiger partial charge >= 0.3 is 0 Å². The van der Waals surface area contributed by atoms with Gasteiger partial charge in [-0.2, -0.15) is 0 Å². The SMILES string of the molecule is Cc1cccc(C)c1NC(=O)C[NH+](C)CC(=O)N1c2ccccc2C[C@@H]1C. The molecule has 2 N–H and O–H groups in total. The van der Waals surface area contributed by atoms with Crippen LogP contribution < -0.4 is 15.1 Å². The fraction of sp³-hybridized carbons (Fsp3) is 0.364. The Hall–Kier alpha value is -2.66. The topological polar surface area (TPSA) is 53.9 Å². The summed E-state index contributed by atoms with van der Waals surface area (Å²) in [5, 5.41) is 2.99. The van der Waals surface area contributed by atoms with Crippen LogP contribution in [0.2, 0.25) is 0 Å². The summed E-state index contributed by atoms with van der Waals surface area (Å²) in [4.78, 5) is 28.0. The second-order valence-corrected chi connectivity index (χ2v) is 7.57. The highest BCUT2D eigenvalue weighted by Gasteiger charge is 2.32. The van der Waals surface area contributed by atoms with Gasteiger partial charge in [0, 0.05) is 17.4 Å². The molecular formula is C22H28N3O2+. The number of rotatable bonds is 5. The van der Waals surface area contributed by atoms with Crippen molar-refractivity contribution in [1.29, 1.82) is 0 Å². The summed E-state index contributed by atoms with van der Waals surface area (Å²) in [5.41, 5.74) is 5.16. The summed E-state index contributed by atoms with van der Waals surface area (Å²) in [5.74, 6) is -0.0163. The van der Waals surface area contributed by atoms with Gasteiger partial charge in [-0.1, -0.05) is 36.4 Å². The Morgan fingerprint density at radius 1 is 1.07 bits per heavy atom. The first-order chi connectivity index (χ1) is 12.9. The molecule has 0 radical (unpaired) electrons. The molecule has 1 aliphatic heterocycles. The van der Waals surface area contributed by atoms with Crippen LogP contribution in [0.25, 0.3) is 0 Å². The van der Waals surface area contributed by atoms with Crippen LogP contribution in [0.1, 0.15) is 23.6 Å². The van der Waals surface area contributed by atoms with Gasteiger partial charge in [0.15, 0.2) is 13.1 Å². The number of likely N-dealkylation sites (N-methyl/N-ethyl adjacent to an activating group) is 1. The van der Waals surface area contributed by atoms with E-state index in [1.54, 1.807) is 0 Å². The molecule has 0 bridgehead atoms. The monoisotopic (exact) mass is 366 g/mol. The first-order valence-corrected chi connectivity index (χ1v) is 9.44. The number of hydrogen-bond acceptors (Lipinski definition) is 2. The molecule has 27 heavy (non-hydrogen) atoms. The van der Waals surface area contributed by atoms with Gasteiger partial charge in [-0.05, 0) is 49.9 Å². The fourth-order valence-corrected chi connectivity index (χ4v) is 3.82. The van der Waals surface area contributed by atoms with Gasteiger partial charge in [-0.15, -0.1) is 0 Å². The number of carbonyl (C=O) groups excluding carboxylic acids is 2. The van der Waals surface area contributed by atoms with Crippen LogP contribution in [0.15, 0.2) is 42.5 Å². The quantitative estimate of drug-likeness (QED) is 0.847. The zero-order valence-electron chi connectivity index (χ0n) is 16.5. The van der Waals surface area contributed by atoms with E-state index in [0.29, 0.717) is 6.54 Å². The summed E-state index contributed by atoms with van der Waals surface area (Å²) in [6.07, 6.45) is 0.883. The molecule has 2 amide bonds. The van der Waals surface area contributed by atoms with Crippen molar-refractivity contribution >= 4 is 23.2 Å². The van der Waals surface area contributed by atoms with Crippen molar-refractivity contribution in [2.45, 2.75) is 33.2 Å². The second-order valence-electron chi connectivity index (χ2n) is 7.57. The lowest BCUT2D eigenvalue weighted by molar-refractivity contribution is -0.862. The molecule has 0 aromatic heterocycles. The van der Waals surface area contributed by atoms with E-state index in [2.05, 4.69) is 18.3 Å². The minimum Gasteiger partial charge on any atom is -0.322 e. The normalized spacial score (nSPS) is 16.7. The average molecular weight is 366 g/mol. The third-order valence-corrected chi connectivity index (χ3v) is 5.14. The van der Waals surface area contributed by atoms with Gasteiger partial charge in [-0.3, -0.25) is 9.59 Å². The summed E-state index contributed by atoms with van der Waals surface area (Å²) in [7, 11) is 1.88. The van der Waals surface area contributed by atoms with Crippen molar-refractivity contribution in [3.8, 4) is 0 Å². The second kappa shape index (κ2) is 7.92. The molecule has 3 rings (SSSR count). The number of fused-ring (bicyclic) bond motifs is 1. The summed E-state index contributed by atoms with van der Waals surface area (Å²) in [6, 6.07) is 14.1. The molecule has 2 aromatic carbocycles. The van der Waals surface area contributed by atoms with Gasteiger partial charge in [-0.25, -0.2) is 0 Å². The van der Waals surface area contributed by atoms with E-state index in [1.165, 1.54) is 5.56 Å². The zero-order valence-corrected chi connectivity index (χ0v) is 16.5. The summed E-state index contributed by atoms with van der Waals surface area (Å²) in [6.45, 7) is 6.58. The number of para-hydroxylation sites is 2. The minimum atomic E-state index is -0.0763. The lowest BCUT2D eigenvalue weighted by Gasteiger charge is -2.24. The maximum Gasteiger partial charge on any atom is 0.282 e.